The molecule has 2 aromatic rings. The molecule has 0 aliphatic heterocycles. The lowest BCUT2D eigenvalue weighted by molar-refractivity contribution is 0.0921. The SMILES string of the molecule is Cc1ccccc1OCC(=O)c1cccc(N)c1. The van der Waals surface area contributed by atoms with Crippen LogP contribution in [0.3, 0.4) is 0 Å². The van der Waals surface area contributed by atoms with Crippen LogP contribution in [0.1, 0.15) is 15.9 Å². The van der Waals surface area contributed by atoms with Crippen LogP contribution < -0.4 is 10.5 Å². The molecule has 0 radical (unpaired) electrons. The van der Waals surface area contributed by atoms with E-state index in [0.29, 0.717) is 11.3 Å². The molecule has 3 heteroatoms. The molecule has 0 fully saturated rings. The average molecular weight is 241 g/mol. The molecule has 18 heavy (non-hydrogen) atoms. The van der Waals surface area contributed by atoms with Crippen LogP contribution in [0.4, 0.5) is 5.69 Å². The van der Waals surface area contributed by atoms with Crippen LogP contribution in [0, 0.1) is 6.92 Å². The van der Waals surface area contributed by atoms with Crippen molar-refractivity contribution in [3.05, 3.63) is 59.7 Å². The van der Waals surface area contributed by atoms with Crippen LogP contribution in [0.15, 0.2) is 48.5 Å². The zero-order chi connectivity index (χ0) is 13.0. The van der Waals surface area contributed by atoms with Gasteiger partial charge in [0.2, 0.25) is 0 Å². The highest BCUT2D eigenvalue weighted by atomic mass is 16.5. The van der Waals surface area contributed by atoms with E-state index in [9.17, 15) is 4.79 Å². The molecular formula is C15H15NO2. The maximum atomic E-state index is 11.9. The van der Waals surface area contributed by atoms with Crippen LogP contribution in [0.25, 0.3) is 0 Å². The Hall–Kier alpha value is -2.29. The van der Waals surface area contributed by atoms with Crippen molar-refractivity contribution < 1.29 is 9.53 Å². The van der Waals surface area contributed by atoms with Gasteiger partial charge in [0.05, 0.1) is 0 Å². The van der Waals surface area contributed by atoms with E-state index >= 15 is 0 Å². The van der Waals surface area contributed by atoms with Crippen molar-refractivity contribution >= 4 is 11.5 Å². The minimum absolute atomic E-state index is 0.0221. The number of carbonyl (C=O) groups is 1. The van der Waals surface area contributed by atoms with Crippen molar-refractivity contribution in [3.63, 3.8) is 0 Å². The molecule has 0 aliphatic rings. The van der Waals surface area contributed by atoms with E-state index in [1.54, 1.807) is 24.3 Å². The maximum absolute atomic E-state index is 11.9. The average Bonchev–Trinajstić information content (AvgIpc) is 2.37. The molecule has 0 heterocycles. The highest BCUT2D eigenvalue weighted by Crippen LogP contribution is 2.16. The van der Waals surface area contributed by atoms with Gasteiger partial charge in [0.25, 0.3) is 0 Å². The summed E-state index contributed by atoms with van der Waals surface area (Å²) in [6.45, 7) is 1.97. The molecule has 0 unspecified atom stereocenters. The van der Waals surface area contributed by atoms with Crippen molar-refractivity contribution in [2.24, 2.45) is 0 Å². The summed E-state index contributed by atoms with van der Waals surface area (Å²) in [7, 11) is 0. The fraction of sp³-hybridized carbons (Fsp3) is 0.133. The Balaban J connectivity index is 2.03. The molecular weight excluding hydrogens is 226 g/mol. The van der Waals surface area contributed by atoms with Crippen molar-refractivity contribution in [2.75, 3.05) is 12.3 Å². The van der Waals surface area contributed by atoms with Gasteiger partial charge in [0.15, 0.2) is 12.4 Å². The lowest BCUT2D eigenvalue weighted by Gasteiger charge is -2.08. The minimum Gasteiger partial charge on any atom is -0.485 e. The molecule has 0 aliphatic carbocycles. The predicted molar refractivity (Wildman–Crippen MR) is 71.9 cm³/mol. The third-order valence-electron chi connectivity index (χ3n) is 2.66. The number of para-hydroxylation sites is 1. The van der Waals surface area contributed by atoms with Crippen LogP contribution in [0.5, 0.6) is 5.75 Å². The van der Waals surface area contributed by atoms with E-state index < -0.39 is 0 Å². The standard InChI is InChI=1S/C15H15NO2/c1-11-5-2-3-8-15(11)18-10-14(17)12-6-4-7-13(16)9-12/h2-9H,10,16H2,1H3. The first kappa shape index (κ1) is 12.2. The quantitative estimate of drug-likeness (QED) is 0.661. The van der Waals surface area contributed by atoms with E-state index in [4.69, 9.17) is 10.5 Å². The van der Waals surface area contributed by atoms with Crippen LogP contribution in [-0.2, 0) is 0 Å². The number of rotatable bonds is 4. The number of nitrogen functional groups attached to an aromatic ring is 1. The number of hydrogen-bond donors (Lipinski definition) is 1. The molecule has 2 aromatic carbocycles. The number of Topliss-reactive ketones (excluding diaryl/α,β-unsaturated/α-hetero) is 1. The van der Waals surface area contributed by atoms with Crippen LogP contribution >= 0.6 is 0 Å². The normalized spacial score (nSPS) is 10.1. The second kappa shape index (κ2) is 5.36. The molecule has 2 rings (SSSR count). The van der Waals surface area contributed by atoms with E-state index in [1.165, 1.54) is 0 Å². The number of nitrogens with two attached hydrogens (primary N) is 1. The summed E-state index contributed by atoms with van der Waals surface area (Å²) in [5, 5.41) is 0. The first-order chi connectivity index (χ1) is 8.66. The van der Waals surface area contributed by atoms with Gasteiger partial charge in [-0.2, -0.15) is 0 Å². The van der Waals surface area contributed by atoms with E-state index in [2.05, 4.69) is 0 Å². The van der Waals surface area contributed by atoms with Gasteiger partial charge in [0.1, 0.15) is 5.75 Å². The number of aryl methyl sites for hydroxylation is 1. The summed E-state index contributed by atoms with van der Waals surface area (Å²) in [6, 6.07) is 14.5. The number of benzene rings is 2. The number of anilines is 1. The molecule has 0 spiro atoms. The van der Waals surface area contributed by atoms with Crippen molar-refractivity contribution in [1.29, 1.82) is 0 Å². The number of ketones is 1. The first-order valence-electron chi connectivity index (χ1n) is 5.74. The summed E-state index contributed by atoms with van der Waals surface area (Å²) < 4.78 is 5.50. The molecule has 0 amide bonds. The van der Waals surface area contributed by atoms with E-state index in [-0.39, 0.29) is 12.4 Å². The van der Waals surface area contributed by atoms with Crippen LogP contribution in [-0.4, -0.2) is 12.4 Å². The van der Waals surface area contributed by atoms with Gasteiger partial charge >= 0.3 is 0 Å². The van der Waals surface area contributed by atoms with Crippen molar-refractivity contribution in [1.82, 2.24) is 0 Å². The monoisotopic (exact) mass is 241 g/mol. The lowest BCUT2D eigenvalue weighted by atomic mass is 10.1. The van der Waals surface area contributed by atoms with Gasteiger partial charge in [0, 0.05) is 11.3 Å². The fourth-order valence-corrected chi connectivity index (χ4v) is 1.66. The Labute approximate surface area is 106 Å². The Morgan fingerprint density at radius 2 is 1.94 bits per heavy atom. The third kappa shape index (κ3) is 2.88. The van der Waals surface area contributed by atoms with Gasteiger partial charge < -0.3 is 10.5 Å². The largest absolute Gasteiger partial charge is 0.485 e. The molecule has 92 valence electrons. The van der Waals surface area contributed by atoms with Crippen molar-refractivity contribution in [3.8, 4) is 5.75 Å². The highest BCUT2D eigenvalue weighted by Gasteiger charge is 2.07. The zero-order valence-electron chi connectivity index (χ0n) is 10.2. The Kier molecular flexibility index (Phi) is 3.63. The topological polar surface area (TPSA) is 52.3 Å². The molecule has 0 bridgehead atoms. The fourth-order valence-electron chi connectivity index (χ4n) is 1.66. The summed E-state index contributed by atoms with van der Waals surface area (Å²) in [5.74, 6) is 0.653. The van der Waals surface area contributed by atoms with Gasteiger partial charge in [-0.05, 0) is 30.7 Å². The van der Waals surface area contributed by atoms with Crippen LogP contribution in [0.2, 0.25) is 0 Å². The third-order valence-corrected chi connectivity index (χ3v) is 2.66. The smallest absolute Gasteiger partial charge is 0.200 e. The van der Waals surface area contributed by atoms with Gasteiger partial charge in [-0.15, -0.1) is 0 Å². The highest BCUT2D eigenvalue weighted by molar-refractivity contribution is 5.97. The first-order valence-corrected chi connectivity index (χ1v) is 5.74. The lowest BCUT2D eigenvalue weighted by Crippen LogP contribution is -2.12. The summed E-state index contributed by atoms with van der Waals surface area (Å²) in [5.41, 5.74) is 7.80. The molecule has 0 atom stereocenters. The molecule has 0 saturated carbocycles. The molecule has 0 aromatic heterocycles. The summed E-state index contributed by atoms with van der Waals surface area (Å²) in [6.07, 6.45) is 0. The Morgan fingerprint density at radius 1 is 1.17 bits per heavy atom. The number of hydrogen-bond acceptors (Lipinski definition) is 3. The maximum Gasteiger partial charge on any atom is 0.200 e. The van der Waals surface area contributed by atoms with Gasteiger partial charge in [-0.3, -0.25) is 4.79 Å². The minimum atomic E-state index is -0.0782. The zero-order valence-corrected chi connectivity index (χ0v) is 10.2. The van der Waals surface area contributed by atoms with Crippen molar-refractivity contribution in [2.45, 2.75) is 6.92 Å². The molecule has 3 nitrogen and oxygen atoms in total. The molecule has 2 N–H and O–H groups in total. The number of ether oxygens (including phenoxy) is 1. The Morgan fingerprint density at radius 3 is 2.67 bits per heavy atom. The number of carbonyl (C=O) groups excluding carboxylic acids is 1. The van der Waals surface area contributed by atoms with E-state index in [1.807, 2.05) is 31.2 Å². The summed E-state index contributed by atoms with van der Waals surface area (Å²) >= 11 is 0. The van der Waals surface area contributed by atoms with Gasteiger partial charge in [-0.1, -0.05) is 30.3 Å². The predicted octanol–water partition coefficient (Wildman–Crippen LogP) is 2.84. The van der Waals surface area contributed by atoms with E-state index in [0.717, 1.165) is 11.3 Å². The Bertz CT molecular complexity index is 564. The summed E-state index contributed by atoms with van der Waals surface area (Å²) in [4.78, 5) is 11.9. The van der Waals surface area contributed by atoms with Gasteiger partial charge in [-0.25, -0.2) is 0 Å². The second-order valence-electron chi connectivity index (χ2n) is 4.10. The second-order valence-corrected chi connectivity index (χ2v) is 4.10. The molecule has 0 saturated heterocycles.